The normalized spacial score (nSPS) is 20.2. The van der Waals surface area contributed by atoms with Crippen molar-refractivity contribution in [3.63, 3.8) is 0 Å². The molecule has 2 heterocycles. The molecule has 152 valence electrons. The average Bonchev–Trinajstić information content (AvgIpc) is 2.98. The van der Waals surface area contributed by atoms with Crippen molar-refractivity contribution in [3.05, 3.63) is 29.8 Å². The highest BCUT2D eigenvalue weighted by Gasteiger charge is 2.38. The summed E-state index contributed by atoms with van der Waals surface area (Å²) in [5.74, 6) is 0.597. The van der Waals surface area contributed by atoms with Gasteiger partial charge < -0.3 is 20.1 Å². The zero-order chi connectivity index (χ0) is 19.9. The minimum atomic E-state index is -0.793. The van der Waals surface area contributed by atoms with Gasteiger partial charge in [0.25, 0.3) is 5.91 Å². The maximum atomic E-state index is 12.5. The summed E-state index contributed by atoms with van der Waals surface area (Å²) in [5.41, 5.74) is 0.999. The van der Waals surface area contributed by atoms with Gasteiger partial charge in [0.1, 0.15) is 11.8 Å². The Bertz CT molecular complexity index is 700. The number of ether oxygens (including phenoxy) is 2. The summed E-state index contributed by atoms with van der Waals surface area (Å²) in [6, 6.07) is 6.25. The Balaban J connectivity index is 1.44. The Hall–Kier alpha value is -2.61. The van der Waals surface area contributed by atoms with Crippen LogP contribution in [0.1, 0.15) is 24.8 Å². The van der Waals surface area contributed by atoms with E-state index in [-0.39, 0.29) is 24.8 Å². The summed E-state index contributed by atoms with van der Waals surface area (Å²) in [4.78, 5) is 38.0. The molecular weight excluding hydrogens is 362 g/mol. The van der Waals surface area contributed by atoms with Gasteiger partial charge in [-0.2, -0.15) is 0 Å². The second kappa shape index (κ2) is 9.54. The monoisotopic (exact) mass is 389 g/mol. The van der Waals surface area contributed by atoms with Gasteiger partial charge in [0.15, 0.2) is 0 Å². The number of urea groups is 1. The number of hydrogen-bond donors (Lipinski definition) is 2. The van der Waals surface area contributed by atoms with Crippen molar-refractivity contribution in [2.75, 3.05) is 33.4 Å². The number of amides is 4. The van der Waals surface area contributed by atoms with Gasteiger partial charge in [-0.1, -0.05) is 12.1 Å². The summed E-state index contributed by atoms with van der Waals surface area (Å²) >= 11 is 0. The molecule has 2 aliphatic heterocycles. The van der Waals surface area contributed by atoms with Crippen LogP contribution in [0, 0.1) is 5.92 Å². The lowest BCUT2D eigenvalue weighted by Crippen LogP contribution is -2.39. The molecule has 8 nitrogen and oxygen atoms in total. The Labute approximate surface area is 164 Å². The van der Waals surface area contributed by atoms with Crippen molar-refractivity contribution in [2.24, 2.45) is 5.92 Å². The number of carbonyl (C=O) groups is 3. The lowest BCUT2D eigenvalue weighted by molar-refractivity contribution is -0.130. The Kier molecular flexibility index (Phi) is 6.86. The number of rotatable bonds is 8. The first-order valence-electron chi connectivity index (χ1n) is 9.66. The van der Waals surface area contributed by atoms with E-state index in [1.165, 1.54) is 4.90 Å². The lowest BCUT2D eigenvalue weighted by atomic mass is 10.0. The van der Waals surface area contributed by atoms with Crippen molar-refractivity contribution >= 4 is 17.8 Å². The van der Waals surface area contributed by atoms with Crippen LogP contribution < -0.4 is 15.4 Å². The molecule has 8 heteroatoms. The fraction of sp³-hybridized carbons (Fsp3) is 0.550. The predicted octanol–water partition coefficient (Wildman–Crippen LogP) is 1.09. The third-order valence-electron chi connectivity index (χ3n) is 5.21. The molecule has 0 aliphatic carbocycles. The van der Waals surface area contributed by atoms with Crippen LogP contribution in [0.4, 0.5) is 4.79 Å². The number of imide groups is 1. The van der Waals surface area contributed by atoms with Crippen molar-refractivity contribution < 1.29 is 23.9 Å². The topological polar surface area (TPSA) is 97.0 Å². The molecule has 1 aromatic carbocycles. The fourth-order valence-electron chi connectivity index (χ4n) is 3.43. The smallest absolute Gasteiger partial charge is 0.324 e. The molecule has 0 saturated carbocycles. The maximum absolute atomic E-state index is 12.5. The van der Waals surface area contributed by atoms with Crippen LogP contribution in [0.5, 0.6) is 5.75 Å². The number of benzene rings is 1. The van der Waals surface area contributed by atoms with Crippen LogP contribution >= 0.6 is 0 Å². The van der Waals surface area contributed by atoms with E-state index >= 15 is 0 Å². The number of nitrogens with zero attached hydrogens (tertiary/aromatic N) is 1. The molecule has 28 heavy (non-hydrogen) atoms. The van der Waals surface area contributed by atoms with Gasteiger partial charge in [0.2, 0.25) is 5.91 Å². The van der Waals surface area contributed by atoms with Gasteiger partial charge in [0.05, 0.1) is 13.5 Å². The summed E-state index contributed by atoms with van der Waals surface area (Å²) < 4.78 is 10.4. The van der Waals surface area contributed by atoms with Gasteiger partial charge in [-0.05, 0) is 42.9 Å². The van der Waals surface area contributed by atoms with Crippen LogP contribution in [0.15, 0.2) is 24.3 Å². The molecule has 2 saturated heterocycles. The Morgan fingerprint density at radius 2 is 1.96 bits per heavy atom. The third kappa shape index (κ3) is 5.22. The van der Waals surface area contributed by atoms with E-state index in [0.717, 1.165) is 37.4 Å². The molecule has 2 aliphatic rings. The molecule has 0 aromatic heterocycles. The minimum Gasteiger partial charge on any atom is -0.497 e. The third-order valence-corrected chi connectivity index (χ3v) is 5.21. The first-order chi connectivity index (χ1) is 13.6. The second-order valence-electron chi connectivity index (χ2n) is 7.15. The van der Waals surface area contributed by atoms with Crippen LogP contribution in [0.2, 0.25) is 0 Å². The molecule has 2 N–H and O–H groups in total. The molecule has 2 fully saturated rings. The predicted molar refractivity (Wildman–Crippen MR) is 102 cm³/mol. The largest absolute Gasteiger partial charge is 0.497 e. The second-order valence-corrected chi connectivity index (χ2v) is 7.15. The number of hydrogen-bond acceptors (Lipinski definition) is 5. The highest BCUT2D eigenvalue weighted by molar-refractivity contribution is 6.05. The summed E-state index contributed by atoms with van der Waals surface area (Å²) in [7, 11) is 1.60. The van der Waals surface area contributed by atoms with E-state index in [1.807, 2.05) is 24.3 Å². The van der Waals surface area contributed by atoms with Gasteiger partial charge in [-0.3, -0.25) is 14.5 Å². The first-order valence-corrected chi connectivity index (χ1v) is 9.66. The molecule has 3 rings (SSSR count). The average molecular weight is 389 g/mol. The molecule has 1 atom stereocenters. The van der Waals surface area contributed by atoms with Gasteiger partial charge >= 0.3 is 6.03 Å². The van der Waals surface area contributed by atoms with Crippen molar-refractivity contribution in [3.8, 4) is 5.75 Å². The summed E-state index contributed by atoms with van der Waals surface area (Å²) in [6.07, 6.45) is 2.37. The molecule has 0 radical (unpaired) electrons. The number of carbonyl (C=O) groups excluding carboxylic acids is 3. The quantitative estimate of drug-likeness (QED) is 0.649. The zero-order valence-corrected chi connectivity index (χ0v) is 16.1. The van der Waals surface area contributed by atoms with E-state index in [1.54, 1.807) is 7.11 Å². The highest BCUT2D eigenvalue weighted by Crippen LogP contribution is 2.15. The summed E-state index contributed by atoms with van der Waals surface area (Å²) in [6.45, 7) is 2.30. The SMILES string of the molecule is COc1ccc(CCN2C(=O)N[C@H](CC(=O)NCC3CCOCC3)C2=O)cc1. The van der Waals surface area contributed by atoms with Crippen LogP contribution in [0.3, 0.4) is 0 Å². The molecule has 0 spiro atoms. The first kappa shape index (κ1) is 20.1. The minimum absolute atomic E-state index is 0.0349. The molecular formula is C20H27N3O5. The molecule has 4 amide bonds. The standard InChI is InChI=1S/C20H27N3O5/c1-27-16-4-2-14(3-5-16)6-9-23-19(25)17(22-20(23)26)12-18(24)21-13-15-7-10-28-11-8-15/h2-5,15,17H,6-13H2,1H3,(H,21,24)(H,22,26)/t17-/m1/s1. The van der Waals surface area contributed by atoms with Crippen LogP contribution in [0.25, 0.3) is 0 Å². The number of methoxy groups -OCH3 is 1. The summed E-state index contributed by atoms with van der Waals surface area (Å²) in [5, 5.41) is 5.48. The van der Waals surface area contributed by atoms with Crippen LogP contribution in [-0.4, -0.2) is 62.2 Å². The van der Waals surface area contributed by atoms with E-state index in [9.17, 15) is 14.4 Å². The zero-order valence-electron chi connectivity index (χ0n) is 16.1. The van der Waals surface area contributed by atoms with Crippen LogP contribution in [-0.2, 0) is 20.7 Å². The van der Waals surface area contributed by atoms with E-state index < -0.39 is 12.1 Å². The van der Waals surface area contributed by atoms with E-state index in [0.29, 0.717) is 18.9 Å². The molecule has 0 bridgehead atoms. The maximum Gasteiger partial charge on any atom is 0.324 e. The molecule has 1 aromatic rings. The molecule has 0 unspecified atom stereocenters. The Morgan fingerprint density at radius 3 is 2.64 bits per heavy atom. The van der Waals surface area contributed by atoms with E-state index in [2.05, 4.69) is 10.6 Å². The van der Waals surface area contributed by atoms with Crippen molar-refractivity contribution in [1.82, 2.24) is 15.5 Å². The van der Waals surface area contributed by atoms with Crippen molar-refractivity contribution in [1.29, 1.82) is 0 Å². The Morgan fingerprint density at radius 1 is 1.25 bits per heavy atom. The lowest BCUT2D eigenvalue weighted by Gasteiger charge is -2.22. The van der Waals surface area contributed by atoms with E-state index in [4.69, 9.17) is 9.47 Å². The van der Waals surface area contributed by atoms with Gasteiger partial charge in [-0.25, -0.2) is 4.79 Å². The van der Waals surface area contributed by atoms with Crippen molar-refractivity contribution in [2.45, 2.75) is 31.7 Å². The van der Waals surface area contributed by atoms with Gasteiger partial charge in [-0.15, -0.1) is 0 Å². The number of nitrogens with one attached hydrogen (secondary N) is 2. The van der Waals surface area contributed by atoms with Gasteiger partial charge in [0, 0.05) is 26.3 Å². The highest BCUT2D eigenvalue weighted by atomic mass is 16.5. The fourth-order valence-corrected chi connectivity index (χ4v) is 3.43.